The molecule has 0 aliphatic rings. The maximum atomic E-state index is 10.6. The normalized spacial score (nSPS) is 10.9. The zero-order valence-electron chi connectivity index (χ0n) is 8.32. The fourth-order valence-electron chi connectivity index (χ4n) is 1.06. The van der Waals surface area contributed by atoms with Crippen molar-refractivity contribution in [1.29, 1.82) is 0 Å². The van der Waals surface area contributed by atoms with Crippen molar-refractivity contribution in [2.75, 3.05) is 0 Å². The maximum Gasteiger partial charge on any atom is 1.00 e. The smallest absolute Gasteiger partial charge is 0.744 e. The molecule has 0 aliphatic heterocycles. The number of aromatic hydroxyl groups is 1. The summed E-state index contributed by atoms with van der Waals surface area (Å²) in [5.74, 6) is -0.554. The molecule has 0 spiro atoms. The third-order valence-electron chi connectivity index (χ3n) is 1.78. The van der Waals surface area contributed by atoms with E-state index in [9.17, 15) is 18.1 Å². The molecule has 7 heteroatoms. The van der Waals surface area contributed by atoms with Crippen molar-refractivity contribution >= 4 is 21.7 Å². The number of rotatable bonds is 2. The molecule has 1 N–H and O–H groups in total. The van der Waals surface area contributed by atoms with Gasteiger partial charge in [-0.3, -0.25) is 0 Å². The van der Waals surface area contributed by atoms with Gasteiger partial charge in [-0.2, -0.15) is 0 Å². The molecule has 1 aromatic rings. The van der Waals surface area contributed by atoms with Crippen molar-refractivity contribution in [3.05, 3.63) is 22.7 Å². The summed E-state index contributed by atoms with van der Waals surface area (Å²) in [7, 11) is -4.67. The Morgan fingerprint density at radius 1 is 1.47 bits per heavy atom. The third-order valence-corrected chi connectivity index (χ3v) is 3.00. The molecule has 0 bridgehead atoms. The first-order valence-corrected chi connectivity index (χ1v) is 5.62. The van der Waals surface area contributed by atoms with E-state index in [1.165, 1.54) is 6.07 Å². The van der Waals surface area contributed by atoms with Crippen LogP contribution in [0, 0.1) is 0 Å². The van der Waals surface area contributed by atoms with Crippen molar-refractivity contribution in [3.63, 3.8) is 0 Å². The molecule has 0 saturated carbocycles. The van der Waals surface area contributed by atoms with Crippen molar-refractivity contribution in [3.8, 4) is 5.75 Å². The molecular weight excluding hydrogens is 251 g/mol. The summed E-state index contributed by atoms with van der Waals surface area (Å²) in [4.78, 5) is -0.681. The summed E-state index contributed by atoms with van der Waals surface area (Å²) >= 11 is 5.69. The predicted molar refractivity (Wildman–Crippen MR) is 50.5 cm³/mol. The van der Waals surface area contributed by atoms with E-state index in [-0.39, 0.29) is 34.6 Å². The van der Waals surface area contributed by atoms with Crippen LogP contribution in [0.15, 0.2) is 17.0 Å². The van der Waals surface area contributed by atoms with Gasteiger partial charge in [0.1, 0.15) is 15.9 Å². The van der Waals surface area contributed by atoms with E-state index in [4.69, 9.17) is 11.6 Å². The Bertz CT molecular complexity index is 458. The minimum absolute atomic E-state index is 0. The van der Waals surface area contributed by atoms with Crippen LogP contribution in [-0.2, 0) is 16.5 Å². The van der Waals surface area contributed by atoms with Gasteiger partial charge in [-0.1, -0.05) is 18.5 Å². The number of aryl methyl sites for hydroxylation is 1. The summed E-state index contributed by atoms with van der Waals surface area (Å²) < 4.78 is 31.9. The van der Waals surface area contributed by atoms with Crippen molar-refractivity contribution in [2.24, 2.45) is 0 Å². The zero-order valence-corrected chi connectivity index (χ0v) is 11.9. The van der Waals surface area contributed by atoms with Crippen LogP contribution < -0.4 is 29.6 Å². The molecule has 15 heavy (non-hydrogen) atoms. The number of phenolic OH excluding ortho intramolecular Hbond substituents is 1. The molecule has 0 radical (unpaired) electrons. The van der Waals surface area contributed by atoms with Crippen LogP contribution in [0.3, 0.4) is 0 Å². The summed E-state index contributed by atoms with van der Waals surface area (Å²) in [5, 5.41) is 9.41. The van der Waals surface area contributed by atoms with Gasteiger partial charge in [-0.25, -0.2) is 8.42 Å². The van der Waals surface area contributed by atoms with Crippen LogP contribution in [0.2, 0.25) is 5.02 Å². The Balaban J connectivity index is 0.00000196. The second-order valence-corrected chi connectivity index (χ2v) is 4.47. The summed E-state index contributed by atoms with van der Waals surface area (Å²) in [5.41, 5.74) is 0.594. The summed E-state index contributed by atoms with van der Waals surface area (Å²) in [6, 6.07) is 2.16. The summed E-state index contributed by atoms with van der Waals surface area (Å²) in [6.45, 7) is 1.80. The van der Waals surface area contributed by atoms with Gasteiger partial charge in [0.15, 0.2) is 0 Å². The van der Waals surface area contributed by atoms with Gasteiger partial charge in [0.2, 0.25) is 0 Å². The second-order valence-electron chi connectivity index (χ2n) is 2.72. The monoisotopic (exact) mass is 258 g/mol. The largest absolute Gasteiger partial charge is 1.00 e. The van der Waals surface area contributed by atoms with Crippen LogP contribution in [0.4, 0.5) is 0 Å². The van der Waals surface area contributed by atoms with E-state index in [1.807, 2.05) is 0 Å². The average molecular weight is 259 g/mol. The molecule has 0 aromatic heterocycles. The van der Waals surface area contributed by atoms with Gasteiger partial charge in [0, 0.05) is 5.02 Å². The molecule has 1 rings (SSSR count). The first-order chi connectivity index (χ1) is 6.36. The molecule has 1 aromatic carbocycles. The fraction of sp³-hybridized carbons (Fsp3) is 0.250. The van der Waals surface area contributed by atoms with Crippen LogP contribution in [0.5, 0.6) is 5.75 Å². The minimum atomic E-state index is -4.67. The Morgan fingerprint density at radius 3 is 2.40 bits per heavy atom. The van der Waals surface area contributed by atoms with Crippen LogP contribution in [0.25, 0.3) is 0 Å². The number of hydrogen-bond donors (Lipinski definition) is 1. The third kappa shape index (κ3) is 3.62. The first-order valence-electron chi connectivity index (χ1n) is 3.83. The number of halogens is 1. The Morgan fingerprint density at radius 2 is 2.00 bits per heavy atom. The van der Waals surface area contributed by atoms with Gasteiger partial charge >= 0.3 is 29.6 Å². The standard InChI is InChI=1S/C8H9ClO4S.Na/c1-2-5-3-7(10)8(4-6(5)9)14(11,12)13;/h3-4,10H,2H2,1H3,(H,11,12,13);/q;+1/p-1. The molecule has 0 amide bonds. The molecule has 0 aliphatic carbocycles. The topological polar surface area (TPSA) is 77.4 Å². The Kier molecular flexibility index (Phi) is 5.60. The molecule has 4 nitrogen and oxygen atoms in total. The average Bonchev–Trinajstić information content (AvgIpc) is 2.06. The maximum absolute atomic E-state index is 10.6. The van der Waals surface area contributed by atoms with E-state index in [0.717, 1.165) is 6.07 Å². The second kappa shape index (κ2) is 5.52. The Labute approximate surface area is 115 Å². The molecule has 78 valence electrons. The number of phenols is 1. The molecule has 0 atom stereocenters. The first kappa shape index (κ1) is 15.2. The van der Waals surface area contributed by atoms with Crippen LogP contribution >= 0.6 is 11.6 Å². The van der Waals surface area contributed by atoms with Crippen molar-refractivity contribution in [1.82, 2.24) is 0 Å². The van der Waals surface area contributed by atoms with E-state index in [0.29, 0.717) is 12.0 Å². The minimum Gasteiger partial charge on any atom is -0.744 e. The predicted octanol–water partition coefficient (Wildman–Crippen LogP) is -1.48. The Hall–Kier alpha value is 0.220. The SMILES string of the molecule is CCc1cc(O)c(S(=O)(=O)[O-])cc1Cl.[Na+]. The van der Waals surface area contributed by atoms with E-state index in [1.54, 1.807) is 6.92 Å². The zero-order chi connectivity index (χ0) is 10.9. The van der Waals surface area contributed by atoms with Crippen molar-refractivity contribution < 1.29 is 47.6 Å². The molecule has 0 heterocycles. The van der Waals surface area contributed by atoms with E-state index >= 15 is 0 Å². The molecule has 0 fully saturated rings. The van der Waals surface area contributed by atoms with Crippen LogP contribution in [0.1, 0.15) is 12.5 Å². The van der Waals surface area contributed by atoms with E-state index in [2.05, 4.69) is 0 Å². The molecular formula is C8H8ClNaO4S. The quantitative estimate of drug-likeness (QED) is 0.518. The van der Waals surface area contributed by atoms with Gasteiger partial charge in [0.05, 0.1) is 4.90 Å². The van der Waals surface area contributed by atoms with Crippen LogP contribution in [-0.4, -0.2) is 18.1 Å². The molecule has 0 unspecified atom stereocenters. The number of benzene rings is 1. The van der Waals surface area contributed by atoms with Gasteiger partial charge in [-0.15, -0.1) is 0 Å². The summed E-state index contributed by atoms with van der Waals surface area (Å²) in [6.07, 6.45) is 0.547. The van der Waals surface area contributed by atoms with E-state index < -0.39 is 20.8 Å². The fourth-order valence-corrected chi connectivity index (χ4v) is 2.00. The van der Waals surface area contributed by atoms with Crippen molar-refractivity contribution in [2.45, 2.75) is 18.2 Å². The molecule has 0 saturated heterocycles. The number of hydrogen-bond acceptors (Lipinski definition) is 4. The van der Waals surface area contributed by atoms with Gasteiger partial charge in [-0.05, 0) is 24.1 Å². The van der Waals surface area contributed by atoms with Gasteiger partial charge in [0.25, 0.3) is 0 Å². The van der Waals surface area contributed by atoms with Gasteiger partial charge < -0.3 is 9.66 Å².